The average Bonchev–Trinajstić information content (AvgIpc) is 2.77. The van der Waals surface area contributed by atoms with Gasteiger partial charge in [-0.1, -0.05) is 35.9 Å². The molecule has 1 aromatic heterocycles. The number of pyridine rings is 1. The molecule has 0 radical (unpaired) electrons. The molecule has 2 aromatic carbocycles. The number of nitrogens with two attached hydrogens (primary N) is 1. The van der Waals surface area contributed by atoms with Crippen LogP contribution in [0.4, 0.5) is 5.69 Å². The predicted octanol–water partition coefficient (Wildman–Crippen LogP) is 4.85. The molecule has 1 unspecified atom stereocenters. The number of rotatable bonds is 7. The third-order valence-electron chi connectivity index (χ3n) is 5.75. The highest BCUT2D eigenvalue weighted by Gasteiger charge is 2.13. The zero-order valence-electron chi connectivity index (χ0n) is 17.0. The Hall–Kier alpha value is -2.63. The molecule has 1 aliphatic heterocycles. The number of primary amides is 1. The Morgan fingerprint density at radius 2 is 2.10 bits per heavy atom. The van der Waals surface area contributed by atoms with Gasteiger partial charge in [-0.05, 0) is 69.0 Å². The number of carbonyl (C=O) groups excluding carboxylic acids is 1. The Kier molecular flexibility index (Phi) is 6.50. The lowest BCUT2D eigenvalue weighted by atomic mass is 9.95. The zero-order valence-corrected chi connectivity index (χ0v) is 17.7. The molecule has 0 bridgehead atoms. The van der Waals surface area contributed by atoms with E-state index in [0.717, 1.165) is 59.8 Å². The van der Waals surface area contributed by atoms with Crippen LogP contribution in [0.5, 0.6) is 0 Å². The number of nitrogens with one attached hydrogen (secondary N) is 2. The predicted molar refractivity (Wildman–Crippen MR) is 124 cm³/mol. The fourth-order valence-electron chi connectivity index (χ4n) is 4.13. The number of aromatic nitrogens is 1. The molecule has 4 rings (SSSR count). The Morgan fingerprint density at radius 3 is 2.87 bits per heavy atom. The quantitative estimate of drug-likeness (QED) is 0.475. The van der Waals surface area contributed by atoms with Crippen molar-refractivity contribution < 1.29 is 4.79 Å². The summed E-state index contributed by atoms with van der Waals surface area (Å²) in [4.78, 5) is 16.3. The van der Waals surface area contributed by atoms with Crippen LogP contribution in [0.15, 0.2) is 48.5 Å². The van der Waals surface area contributed by atoms with E-state index in [1.54, 1.807) is 12.1 Å². The van der Waals surface area contributed by atoms with E-state index in [4.69, 9.17) is 22.3 Å². The number of hydrogen-bond donors (Lipinski definition) is 3. The molecule has 1 atom stereocenters. The molecule has 1 aliphatic rings. The van der Waals surface area contributed by atoms with Gasteiger partial charge in [-0.25, -0.2) is 4.98 Å². The zero-order chi connectivity index (χ0) is 20.9. The van der Waals surface area contributed by atoms with Crippen molar-refractivity contribution in [1.82, 2.24) is 10.3 Å². The highest BCUT2D eigenvalue weighted by atomic mass is 35.5. The number of piperidine rings is 1. The molecule has 6 heteroatoms. The second kappa shape index (κ2) is 9.45. The van der Waals surface area contributed by atoms with Crippen LogP contribution in [0, 0.1) is 5.92 Å². The number of halogens is 1. The highest BCUT2D eigenvalue weighted by Crippen LogP contribution is 2.30. The topological polar surface area (TPSA) is 80.0 Å². The van der Waals surface area contributed by atoms with Crippen LogP contribution >= 0.6 is 11.6 Å². The second-order valence-corrected chi connectivity index (χ2v) is 8.32. The smallest absolute Gasteiger partial charge is 0.250 e. The number of anilines is 1. The Balaban J connectivity index is 1.55. The van der Waals surface area contributed by atoms with Crippen LogP contribution < -0.4 is 16.4 Å². The molecule has 1 saturated heterocycles. The second-order valence-electron chi connectivity index (χ2n) is 7.91. The van der Waals surface area contributed by atoms with Gasteiger partial charge < -0.3 is 16.4 Å². The minimum Gasteiger partial charge on any atom is -0.384 e. The lowest BCUT2D eigenvalue weighted by Crippen LogP contribution is -2.29. The molecule has 30 heavy (non-hydrogen) atoms. The van der Waals surface area contributed by atoms with Gasteiger partial charge in [-0.2, -0.15) is 0 Å². The van der Waals surface area contributed by atoms with Crippen LogP contribution in [0.25, 0.3) is 22.2 Å². The van der Waals surface area contributed by atoms with Crippen molar-refractivity contribution in [2.45, 2.75) is 25.7 Å². The van der Waals surface area contributed by atoms with Crippen molar-refractivity contribution in [2.24, 2.45) is 11.7 Å². The van der Waals surface area contributed by atoms with Crippen molar-refractivity contribution in [3.63, 3.8) is 0 Å². The van der Waals surface area contributed by atoms with E-state index < -0.39 is 5.91 Å². The van der Waals surface area contributed by atoms with Crippen molar-refractivity contribution in [2.75, 3.05) is 25.0 Å². The third-order valence-corrected chi connectivity index (χ3v) is 6.06. The summed E-state index contributed by atoms with van der Waals surface area (Å²) in [5, 5.41) is 8.54. The summed E-state index contributed by atoms with van der Waals surface area (Å²) in [7, 11) is 0. The minimum absolute atomic E-state index is 0.316. The fraction of sp³-hybridized carbons (Fsp3) is 0.333. The van der Waals surface area contributed by atoms with E-state index in [0.29, 0.717) is 10.6 Å². The molecule has 2 heterocycles. The first-order valence-electron chi connectivity index (χ1n) is 10.6. The van der Waals surface area contributed by atoms with E-state index in [-0.39, 0.29) is 0 Å². The number of carbonyl (C=O) groups is 1. The summed E-state index contributed by atoms with van der Waals surface area (Å²) in [6.45, 7) is 3.22. The summed E-state index contributed by atoms with van der Waals surface area (Å²) in [6.07, 6.45) is 4.99. The van der Waals surface area contributed by atoms with Gasteiger partial charge in [-0.15, -0.1) is 0 Å². The summed E-state index contributed by atoms with van der Waals surface area (Å²) in [5.74, 6) is 0.254. The largest absolute Gasteiger partial charge is 0.384 e. The number of hydrogen-bond acceptors (Lipinski definition) is 4. The molecule has 5 nitrogen and oxygen atoms in total. The van der Waals surface area contributed by atoms with Gasteiger partial charge in [0.1, 0.15) is 0 Å². The normalized spacial score (nSPS) is 16.5. The lowest BCUT2D eigenvalue weighted by Gasteiger charge is -2.22. The average molecular weight is 423 g/mol. The summed E-state index contributed by atoms with van der Waals surface area (Å²) in [5.41, 5.74) is 9.33. The Bertz CT molecular complexity index is 1050. The minimum atomic E-state index is -0.534. The number of amides is 1. The van der Waals surface area contributed by atoms with Crippen LogP contribution in [-0.4, -0.2) is 30.5 Å². The maximum absolute atomic E-state index is 11.5. The first-order valence-corrected chi connectivity index (χ1v) is 10.9. The Labute approximate surface area is 182 Å². The van der Waals surface area contributed by atoms with E-state index in [2.05, 4.69) is 22.8 Å². The SMILES string of the molecule is NC(=O)c1ccc(-c2cc(NCCCC3CCCNC3)c3ccccc3n2)cc1Cl. The van der Waals surface area contributed by atoms with Gasteiger partial charge in [0.25, 0.3) is 0 Å². The third kappa shape index (κ3) is 4.74. The molecular weight excluding hydrogens is 396 g/mol. The van der Waals surface area contributed by atoms with Gasteiger partial charge in [0.15, 0.2) is 0 Å². The molecule has 1 fully saturated rings. The molecular formula is C24H27ClN4O. The maximum atomic E-state index is 11.5. The number of fused-ring (bicyclic) bond motifs is 1. The van der Waals surface area contributed by atoms with Gasteiger partial charge in [0, 0.05) is 23.2 Å². The van der Waals surface area contributed by atoms with Crippen LogP contribution in [0.2, 0.25) is 5.02 Å². The number of benzene rings is 2. The first kappa shape index (κ1) is 20.6. The van der Waals surface area contributed by atoms with Crippen molar-refractivity contribution in [3.05, 3.63) is 59.1 Å². The molecule has 156 valence electrons. The van der Waals surface area contributed by atoms with E-state index in [1.807, 2.05) is 24.3 Å². The van der Waals surface area contributed by atoms with E-state index >= 15 is 0 Å². The molecule has 0 saturated carbocycles. The van der Waals surface area contributed by atoms with Gasteiger partial charge in [0.05, 0.1) is 21.8 Å². The monoisotopic (exact) mass is 422 g/mol. The maximum Gasteiger partial charge on any atom is 0.250 e. The number of nitrogens with zero attached hydrogens (tertiary/aromatic N) is 1. The van der Waals surface area contributed by atoms with Crippen molar-refractivity contribution in [1.29, 1.82) is 0 Å². The summed E-state index contributed by atoms with van der Waals surface area (Å²) < 4.78 is 0. The van der Waals surface area contributed by atoms with Crippen LogP contribution in [0.1, 0.15) is 36.0 Å². The Morgan fingerprint density at radius 1 is 1.23 bits per heavy atom. The first-order chi connectivity index (χ1) is 14.6. The van der Waals surface area contributed by atoms with E-state index in [1.165, 1.54) is 19.3 Å². The standard InChI is InChI=1S/C24H27ClN4O/c25-20-13-17(9-10-18(20)24(26)30)22-14-23(19-7-1-2-8-21(19)29-22)28-12-4-6-16-5-3-11-27-15-16/h1-2,7-10,13-14,16,27H,3-6,11-12,15H2,(H2,26,30)(H,28,29). The van der Waals surface area contributed by atoms with Crippen molar-refractivity contribution >= 4 is 34.1 Å². The van der Waals surface area contributed by atoms with Gasteiger partial charge in [0.2, 0.25) is 5.91 Å². The van der Waals surface area contributed by atoms with E-state index in [9.17, 15) is 4.79 Å². The summed E-state index contributed by atoms with van der Waals surface area (Å²) in [6, 6.07) is 15.4. The van der Waals surface area contributed by atoms with Crippen LogP contribution in [-0.2, 0) is 0 Å². The molecule has 1 amide bonds. The van der Waals surface area contributed by atoms with Gasteiger partial charge >= 0.3 is 0 Å². The molecule has 0 aliphatic carbocycles. The number of para-hydroxylation sites is 1. The highest BCUT2D eigenvalue weighted by molar-refractivity contribution is 6.34. The fourth-order valence-corrected chi connectivity index (χ4v) is 4.40. The molecule has 0 spiro atoms. The van der Waals surface area contributed by atoms with Crippen molar-refractivity contribution in [3.8, 4) is 11.3 Å². The molecule has 4 N–H and O–H groups in total. The lowest BCUT2D eigenvalue weighted by molar-refractivity contribution is 0.100. The summed E-state index contributed by atoms with van der Waals surface area (Å²) >= 11 is 6.26. The van der Waals surface area contributed by atoms with Gasteiger partial charge in [-0.3, -0.25) is 4.79 Å². The molecule has 3 aromatic rings. The van der Waals surface area contributed by atoms with Crippen LogP contribution in [0.3, 0.4) is 0 Å².